The van der Waals surface area contributed by atoms with E-state index in [1.165, 1.54) is 12.1 Å². The molecule has 4 heteroatoms. The van der Waals surface area contributed by atoms with Gasteiger partial charge in [0.05, 0.1) is 4.92 Å². The van der Waals surface area contributed by atoms with Gasteiger partial charge in [0.25, 0.3) is 5.69 Å². The van der Waals surface area contributed by atoms with Gasteiger partial charge in [-0.05, 0) is 30.7 Å². The molecule has 0 bridgehead atoms. The van der Waals surface area contributed by atoms with Gasteiger partial charge in [-0.2, -0.15) is 0 Å². The molecule has 1 aromatic heterocycles. The molecule has 0 saturated heterocycles. The highest BCUT2D eigenvalue weighted by molar-refractivity contribution is 5.97. The molecular weight excluding hydrogens is 240 g/mol. The van der Waals surface area contributed by atoms with Crippen LogP contribution in [0.15, 0.2) is 48.5 Å². The number of para-hydroxylation sites is 1. The minimum Gasteiger partial charge on any atom is -0.358 e. The van der Waals surface area contributed by atoms with Crippen LogP contribution in [0.1, 0.15) is 5.69 Å². The molecule has 3 aromatic rings. The average Bonchev–Trinajstić information content (AvgIpc) is 2.74. The van der Waals surface area contributed by atoms with Crippen LogP contribution in [-0.4, -0.2) is 9.91 Å². The van der Waals surface area contributed by atoms with Crippen molar-refractivity contribution in [3.05, 3.63) is 64.3 Å². The summed E-state index contributed by atoms with van der Waals surface area (Å²) < 4.78 is 0. The Morgan fingerprint density at radius 1 is 1.05 bits per heavy atom. The molecule has 0 unspecified atom stereocenters. The van der Waals surface area contributed by atoms with Gasteiger partial charge in [0, 0.05) is 34.3 Å². The first-order chi connectivity index (χ1) is 9.16. The Labute approximate surface area is 109 Å². The van der Waals surface area contributed by atoms with Crippen molar-refractivity contribution in [2.24, 2.45) is 0 Å². The summed E-state index contributed by atoms with van der Waals surface area (Å²) in [6.07, 6.45) is 0. The molecule has 0 atom stereocenters. The number of aryl methyl sites for hydroxylation is 1. The van der Waals surface area contributed by atoms with Crippen molar-refractivity contribution < 1.29 is 4.92 Å². The van der Waals surface area contributed by atoms with Crippen LogP contribution < -0.4 is 0 Å². The molecule has 1 heterocycles. The monoisotopic (exact) mass is 252 g/mol. The van der Waals surface area contributed by atoms with Gasteiger partial charge < -0.3 is 4.98 Å². The zero-order valence-corrected chi connectivity index (χ0v) is 10.4. The average molecular weight is 252 g/mol. The summed E-state index contributed by atoms with van der Waals surface area (Å²) in [4.78, 5) is 13.6. The predicted molar refractivity (Wildman–Crippen MR) is 75.1 cm³/mol. The number of hydrogen-bond donors (Lipinski definition) is 1. The highest BCUT2D eigenvalue weighted by Gasteiger charge is 2.11. The zero-order valence-electron chi connectivity index (χ0n) is 10.4. The van der Waals surface area contributed by atoms with Crippen molar-refractivity contribution in [2.45, 2.75) is 6.92 Å². The van der Waals surface area contributed by atoms with Crippen LogP contribution >= 0.6 is 0 Å². The van der Waals surface area contributed by atoms with E-state index in [1.54, 1.807) is 12.1 Å². The van der Waals surface area contributed by atoms with Gasteiger partial charge >= 0.3 is 0 Å². The van der Waals surface area contributed by atoms with E-state index in [0.29, 0.717) is 0 Å². The number of nitro groups is 1. The molecule has 0 fully saturated rings. The highest BCUT2D eigenvalue weighted by Crippen LogP contribution is 2.32. The summed E-state index contributed by atoms with van der Waals surface area (Å²) in [5.74, 6) is 0. The smallest absolute Gasteiger partial charge is 0.269 e. The Morgan fingerprint density at radius 2 is 1.74 bits per heavy atom. The molecule has 19 heavy (non-hydrogen) atoms. The maximum atomic E-state index is 10.7. The van der Waals surface area contributed by atoms with E-state index in [1.807, 2.05) is 25.1 Å². The van der Waals surface area contributed by atoms with Crippen LogP contribution in [0.5, 0.6) is 0 Å². The number of fused-ring (bicyclic) bond motifs is 1. The number of rotatable bonds is 2. The molecule has 3 rings (SSSR count). The fourth-order valence-corrected chi connectivity index (χ4v) is 2.40. The quantitative estimate of drug-likeness (QED) is 0.552. The number of aromatic nitrogens is 1. The van der Waals surface area contributed by atoms with Gasteiger partial charge in [-0.25, -0.2) is 0 Å². The number of nitro benzene ring substituents is 1. The third-order valence-corrected chi connectivity index (χ3v) is 3.26. The number of nitrogens with zero attached hydrogens (tertiary/aromatic N) is 1. The Morgan fingerprint density at radius 3 is 2.42 bits per heavy atom. The first kappa shape index (κ1) is 11.5. The van der Waals surface area contributed by atoms with E-state index in [-0.39, 0.29) is 10.6 Å². The van der Waals surface area contributed by atoms with Gasteiger partial charge in [-0.3, -0.25) is 10.1 Å². The molecule has 0 amide bonds. The molecule has 0 radical (unpaired) electrons. The SMILES string of the molecule is Cc1[nH]c2ccccc2c1-c1ccc([N+](=O)[O-])cc1. The third-order valence-electron chi connectivity index (χ3n) is 3.26. The molecule has 94 valence electrons. The van der Waals surface area contributed by atoms with Crippen LogP contribution in [0.25, 0.3) is 22.0 Å². The second kappa shape index (κ2) is 4.24. The van der Waals surface area contributed by atoms with Crippen molar-refractivity contribution in [3.8, 4) is 11.1 Å². The first-order valence-electron chi connectivity index (χ1n) is 5.99. The maximum absolute atomic E-state index is 10.7. The lowest BCUT2D eigenvalue weighted by atomic mass is 10.0. The lowest BCUT2D eigenvalue weighted by molar-refractivity contribution is -0.384. The lowest BCUT2D eigenvalue weighted by Crippen LogP contribution is -1.87. The number of H-pyrrole nitrogens is 1. The van der Waals surface area contributed by atoms with Crippen LogP contribution in [0, 0.1) is 17.0 Å². The van der Waals surface area contributed by atoms with Crippen molar-refractivity contribution in [3.63, 3.8) is 0 Å². The Bertz CT molecular complexity index is 757. The predicted octanol–water partition coefficient (Wildman–Crippen LogP) is 4.05. The van der Waals surface area contributed by atoms with Gasteiger partial charge in [0.1, 0.15) is 0 Å². The van der Waals surface area contributed by atoms with Crippen LogP contribution in [0.3, 0.4) is 0 Å². The second-order valence-corrected chi connectivity index (χ2v) is 4.47. The summed E-state index contributed by atoms with van der Waals surface area (Å²) in [5.41, 5.74) is 4.34. The molecule has 4 nitrogen and oxygen atoms in total. The largest absolute Gasteiger partial charge is 0.358 e. The number of non-ortho nitro benzene ring substituents is 1. The molecular formula is C15H12N2O2. The van der Waals surface area contributed by atoms with Gasteiger partial charge in [-0.1, -0.05) is 18.2 Å². The van der Waals surface area contributed by atoms with Gasteiger partial charge in [0.15, 0.2) is 0 Å². The van der Waals surface area contributed by atoms with Crippen molar-refractivity contribution >= 4 is 16.6 Å². The fourth-order valence-electron chi connectivity index (χ4n) is 2.40. The standard InChI is InChI=1S/C15H12N2O2/c1-10-15(13-4-2-3-5-14(13)16-10)11-6-8-12(9-7-11)17(18)19/h2-9,16H,1H3. The molecule has 2 aromatic carbocycles. The van der Waals surface area contributed by atoms with Crippen LogP contribution in [0.2, 0.25) is 0 Å². The van der Waals surface area contributed by atoms with E-state index in [0.717, 1.165) is 27.7 Å². The molecule has 0 aliphatic heterocycles. The number of hydrogen-bond acceptors (Lipinski definition) is 2. The summed E-state index contributed by atoms with van der Waals surface area (Å²) in [7, 11) is 0. The molecule has 0 saturated carbocycles. The van der Waals surface area contributed by atoms with Crippen molar-refractivity contribution in [2.75, 3.05) is 0 Å². The minimum absolute atomic E-state index is 0.112. The molecule has 1 N–H and O–H groups in total. The van der Waals surface area contributed by atoms with E-state index in [9.17, 15) is 10.1 Å². The van der Waals surface area contributed by atoms with Crippen molar-refractivity contribution in [1.82, 2.24) is 4.98 Å². The summed E-state index contributed by atoms with van der Waals surface area (Å²) in [5, 5.41) is 11.8. The highest BCUT2D eigenvalue weighted by atomic mass is 16.6. The van der Waals surface area contributed by atoms with E-state index < -0.39 is 0 Å². The summed E-state index contributed by atoms with van der Waals surface area (Å²) in [6, 6.07) is 14.7. The third kappa shape index (κ3) is 1.87. The normalized spacial score (nSPS) is 10.8. The van der Waals surface area contributed by atoms with Crippen molar-refractivity contribution in [1.29, 1.82) is 0 Å². The van der Waals surface area contributed by atoms with E-state index >= 15 is 0 Å². The second-order valence-electron chi connectivity index (χ2n) is 4.47. The Kier molecular flexibility index (Phi) is 2.56. The molecule has 0 aliphatic rings. The van der Waals surface area contributed by atoms with Gasteiger partial charge in [0.2, 0.25) is 0 Å². The van der Waals surface area contributed by atoms with Crippen LogP contribution in [0.4, 0.5) is 5.69 Å². The number of aromatic amines is 1. The van der Waals surface area contributed by atoms with E-state index in [4.69, 9.17) is 0 Å². The lowest BCUT2D eigenvalue weighted by Gasteiger charge is -2.01. The Hall–Kier alpha value is -2.62. The topological polar surface area (TPSA) is 58.9 Å². The maximum Gasteiger partial charge on any atom is 0.269 e. The van der Waals surface area contributed by atoms with Crippen LogP contribution in [-0.2, 0) is 0 Å². The fraction of sp³-hybridized carbons (Fsp3) is 0.0667. The zero-order chi connectivity index (χ0) is 13.4. The summed E-state index contributed by atoms with van der Waals surface area (Å²) in [6.45, 7) is 2.01. The summed E-state index contributed by atoms with van der Waals surface area (Å²) >= 11 is 0. The first-order valence-corrected chi connectivity index (χ1v) is 5.99. The molecule has 0 spiro atoms. The Balaban J connectivity index is 2.18. The molecule has 0 aliphatic carbocycles. The number of benzene rings is 2. The number of nitrogens with one attached hydrogen (secondary N) is 1. The minimum atomic E-state index is -0.383. The van der Waals surface area contributed by atoms with Gasteiger partial charge in [-0.15, -0.1) is 0 Å². The van der Waals surface area contributed by atoms with E-state index in [2.05, 4.69) is 11.1 Å².